The summed E-state index contributed by atoms with van der Waals surface area (Å²) in [5.74, 6) is 0. The Balaban J connectivity index is 1.40. The molecule has 0 unspecified atom stereocenters. The van der Waals surface area contributed by atoms with E-state index in [1.165, 1.54) is 60.1 Å². The molecule has 43 heavy (non-hydrogen) atoms. The van der Waals surface area contributed by atoms with Crippen molar-refractivity contribution in [2.45, 2.75) is 0 Å². The van der Waals surface area contributed by atoms with Crippen LogP contribution in [0.3, 0.4) is 0 Å². The molecule has 0 saturated heterocycles. The van der Waals surface area contributed by atoms with Crippen molar-refractivity contribution < 1.29 is 4.42 Å². The Hall–Kier alpha value is -5.66. The van der Waals surface area contributed by atoms with Crippen molar-refractivity contribution in [2.75, 3.05) is 0 Å². The fourth-order valence-electron chi connectivity index (χ4n) is 6.95. The molecule has 9 aromatic rings. The summed E-state index contributed by atoms with van der Waals surface area (Å²) in [6, 6.07) is 56.7. The molecule has 8 aromatic carbocycles. The Bertz CT molecular complexity index is 2440. The topological polar surface area (TPSA) is 13.1 Å². The van der Waals surface area contributed by atoms with Crippen LogP contribution in [-0.2, 0) is 0 Å². The number of fused-ring (bicyclic) bond motifs is 6. The van der Waals surface area contributed by atoms with Gasteiger partial charge in [-0.2, -0.15) is 0 Å². The number of benzene rings is 8. The quantitative estimate of drug-likeness (QED) is 0.201. The number of para-hydroxylation sites is 2. The van der Waals surface area contributed by atoms with Crippen LogP contribution in [0.2, 0.25) is 0 Å². The van der Waals surface area contributed by atoms with Crippen LogP contribution in [0.25, 0.3) is 87.6 Å². The molecule has 0 aliphatic carbocycles. The van der Waals surface area contributed by atoms with Gasteiger partial charge in [0.1, 0.15) is 11.2 Å². The van der Waals surface area contributed by atoms with Crippen LogP contribution in [0.15, 0.2) is 162 Å². The predicted molar refractivity (Wildman–Crippen MR) is 183 cm³/mol. The van der Waals surface area contributed by atoms with E-state index in [2.05, 4.69) is 152 Å². The molecule has 1 heteroatoms. The van der Waals surface area contributed by atoms with Gasteiger partial charge in [-0.3, -0.25) is 0 Å². The lowest BCUT2D eigenvalue weighted by molar-refractivity contribution is 0.670. The molecular formula is C42H26O. The highest BCUT2D eigenvalue weighted by atomic mass is 16.3. The third kappa shape index (κ3) is 3.65. The molecule has 1 heterocycles. The van der Waals surface area contributed by atoms with E-state index in [1.54, 1.807) is 0 Å². The predicted octanol–water partition coefficient (Wildman–Crippen LogP) is 12.0. The van der Waals surface area contributed by atoms with Crippen LogP contribution in [0.1, 0.15) is 0 Å². The van der Waals surface area contributed by atoms with Crippen LogP contribution in [0.4, 0.5) is 0 Å². The monoisotopic (exact) mass is 546 g/mol. The van der Waals surface area contributed by atoms with Gasteiger partial charge in [0.2, 0.25) is 0 Å². The molecule has 0 atom stereocenters. The molecule has 0 aliphatic heterocycles. The Morgan fingerprint density at radius 3 is 1.60 bits per heavy atom. The van der Waals surface area contributed by atoms with Crippen molar-refractivity contribution in [3.8, 4) is 33.4 Å². The second kappa shape index (κ2) is 9.44. The first-order valence-electron chi connectivity index (χ1n) is 14.8. The summed E-state index contributed by atoms with van der Waals surface area (Å²) in [5.41, 5.74) is 9.15. The third-order valence-corrected chi connectivity index (χ3v) is 8.86. The first-order chi connectivity index (χ1) is 21.3. The Kier molecular flexibility index (Phi) is 5.27. The maximum atomic E-state index is 6.56. The molecule has 0 aliphatic rings. The SMILES string of the molecule is c1ccc(-c2ccc3cccc(-c4c5ccccc5c(-c5cccc6c5oc5ccccc56)c5ccccc45)c3c2)cc1. The molecule has 0 bridgehead atoms. The third-order valence-electron chi connectivity index (χ3n) is 8.86. The summed E-state index contributed by atoms with van der Waals surface area (Å²) in [5, 5.41) is 9.71. The Labute approximate surface area is 249 Å². The van der Waals surface area contributed by atoms with Gasteiger partial charge in [-0.15, -0.1) is 0 Å². The highest BCUT2D eigenvalue weighted by Gasteiger charge is 2.21. The zero-order valence-electron chi connectivity index (χ0n) is 23.4. The van der Waals surface area contributed by atoms with Crippen molar-refractivity contribution in [3.63, 3.8) is 0 Å². The largest absolute Gasteiger partial charge is 0.455 e. The van der Waals surface area contributed by atoms with E-state index in [0.29, 0.717) is 0 Å². The van der Waals surface area contributed by atoms with E-state index in [9.17, 15) is 0 Å². The van der Waals surface area contributed by atoms with Gasteiger partial charge in [0, 0.05) is 21.9 Å². The maximum Gasteiger partial charge on any atom is 0.143 e. The minimum atomic E-state index is 0.917. The van der Waals surface area contributed by atoms with Crippen LogP contribution >= 0.6 is 0 Å². The molecule has 200 valence electrons. The zero-order valence-corrected chi connectivity index (χ0v) is 23.4. The van der Waals surface area contributed by atoms with Gasteiger partial charge in [0.15, 0.2) is 0 Å². The molecule has 1 aromatic heterocycles. The van der Waals surface area contributed by atoms with E-state index in [4.69, 9.17) is 4.42 Å². The summed E-state index contributed by atoms with van der Waals surface area (Å²) in [6.45, 7) is 0. The zero-order chi connectivity index (χ0) is 28.3. The average Bonchev–Trinajstić information content (AvgIpc) is 3.46. The van der Waals surface area contributed by atoms with Crippen molar-refractivity contribution in [1.29, 1.82) is 0 Å². The van der Waals surface area contributed by atoms with Crippen molar-refractivity contribution in [1.82, 2.24) is 0 Å². The standard InChI is InChI=1S/C42H26O/c1-2-12-27(13-3-1)29-25-24-28-14-10-20-35(38(28)26-29)40-31-16-4-6-18-33(31)41(34-19-7-5-17-32(34)40)37-22-11-21-36-30-15-8-9-23-39(30)43-42(36)37/h1-26H. The van der Waals surface area contributed by atoms with Crippen molar-refractivity contribution in [3.05, 3.63) is 158 Å². The van der Waals surface area contributed by atoms with Crippen LogP contribution in [0.5, 0.6) is 0 Å². The smallest absolute Gasteiger partial charge is 0.143 e. The minimum Gasteiger partial charge on any atom is -0.455 e. The van der Waals surface area contributed by atoms with E-state index >= 15 is 0 Å². The van der Waals surface area contributed by atoms with Crippen molar-refractivity contribution in [2.24, 2.45) is 0 Å². The molecule has 0 spiro atoms. The molecule has 0 N–H and O–H groups in total. The normalized spacial score (nSPS) is 11.7. The molecule has 9 rings (SSSR count). The van der Waals surface area contributed by atoms with E-state index in [0.717, 1.165) is 27.5 Å². The number of hydrogen-bond acceptors (Lipinski definition) is 1. The highest BCUT2D eigenvalue weighted by molar-refractivity contribution is 6.25. The summed E-state index contributed by atoms with van der Waals surface area (Å²) in [4.78, 5) is 0. The Morgan fingerprint density at radius 2 is 0.884 bits per heavy atom. The molecule has 0 saturated carbocycles. The fourth-order valence-corrected chi connectivity index (χ4v) is 6.95. The lowest BCUT2D eigenvalue weighted by atomic mass is 9.84. The fraction of sp³-hybridized carbons (Fsp3) is 0. The van der Waals surface area contributed by atoms with Crippen LogP contribution < -0.4 is 0 Å². The van der Waals surface area contributed by atoms with Gasteiger partial charge in [-0.1, -0.05) is 146 Å². The van der Waals surface area contributed by atoms with Gasteiger partial charge in [-0.25, -0.2) is 0 Å². The van der Waals surface area contributed by atoms with Gasteiger partial charge in [0.05, 0.1) is 0 Å². The van der Waals surface area contributed by atoms with E-state index < -0.39 is 0 Å². The maximum absolute atomic E-state index is 6.56. The first-order valence-corrected chi connectivity index (χ1v) is 14.8. The molecular weight excluding hydrogens is 520 g/mol. The molecule has 0 amide bonds. The van der Waals surface area contributed by atoms with Gasteiger partial charge >= 0.3 is 0 Å². The summed E-state index contributed by atoms with van der Waals surface area (Å²) in [6.07, 6.45) is 0. The molecule has 1 nitrogen and oxygen atoms in total. The van der Waals surface area contributed by atoms with Gasteiger partial charge in [-0.05, 0) is 66.7 Å². The highest BCUT2D eigenvalue weighted by Crippen LogP contribution is 2.47. The minimum absolute atomic E-state index is 0.917. The van der Waals surface area contributed by atoms with Crippen LogP contribution in [0, 0.1) is 0 Å². The number of rotatable bonds is 3. The molecule has 0 fully saturated rings. The average molecular weight is 547 g/mol. The Morgan fingerprint density at radius 1 is 0.326 bits per heavy atom. The van der Waals surface area contributed by atoms with Crippen molar-refractivity contribution >= 4 is 54.3 Å². The summed E-state index contributed by atoms with van der Waals surface area (Å²) < 4.78 is 6.56. The first kappa shape index (κ1) is 24.0. The van der Waals surface area contributed by atoms with Gasteiger partial charge in [0.25, 0.3) is 0 Å². The summed E-state index contributed by atoms with van der Waals surface area (Å²) >= 11 is 0. The number of furan rings is 1. The second-order valence-electron chi connectivity index (χ2n) is 11.2. The van der Waals surface area contributed by atoms with E-state index in [-0.39, 0.29) is 0 Å². The molecule has 0 radical (unpaired) electrons. The second-order valence-corrected chi connectivity index (χ2v) is 11.2. The van der Waals surface area contributed by atoms with Gasteiger partial charge < -0.3 is 4.42 Å². The van der Waals surface area contributed by atoms with Crippen LogP contribution in [-0.4, -0.2) is 0 Å². The van der Waals surface area contributed by atoms with E-state index in [1.807, 2.05) is 6.07 Å². The lowest BCUT2D eigenvalue weighted by Crippen LogP contribution is -1.92. The lowest BCUT2D eigenvalue weighted by Gasteiger charge is -2.19. The summed E-state index contributed by atoms with van der Waals surface area (Å²) in [7, 11) is 0. The number of hydrogen-bond donors (Lipinski definition) is 0.